The molecule has 0 atom stereocenters. The Morgan fingerprint density at radius 3 is 2.29 bits per heavy atom. The summed E-state index contributed by atoms with van der Waals surface area (Å²) < 4.78 is 13.3. The van der Waals surface area contributed by atoms with Gasteiger partial charge in [0.05, 0.1) is 13.2 Å². The van der Waals surface area contributed by atoms with Crippen molar-refractivity contribution in [2.45, 2.75) is 61.8 Å². The van der Waals surface area contributed by atoms with Crippen molar-refractivity contribution in [2.75, 3.05) is 19.0 Å². The first-order valence-electron chi connectivity index (χ1n) is 9.48. The van der Waals surface area contributed by atoms with Crippen LogP contribution in [0.4, 0.5) is 0 Å². The number of hydrogen-bond donors (Lipinski definition) is 0. The molecule has 1 aliphatic heterocycles. The fraction of sp³-hybridized carbons (Fsp3) is 0.889. The molecule has 4 aliphatic carbocycles. The van der Waals surface area contributed by atoms with Crippen LogP contribution in [0.3, 0.4) is 0 Å². The van der Waals surface area contributed by atoms with Gasteiger partial charge in [-0.1, -0.05) is 11.8 Å². The van der Waals surface area contributed by atoms with Gasteiger partial charge in [0.1, 0.15) is 5.82 Å². The molecular formula is C18H27N3O2S. The van der Waals surface area contributed by atoms with Crippen LogP contribution in [0.5, 0.6) is 0 Å². The summed E-state index contributed by atoms with van der Waals surface area (Å²) in [5, 5.41) is 10.3. The second-order valence-corrected chi connectivity index (χ2v) is 9.43. The molecule has 132 valence electrons. The lowest BCUT2D eigenvalue weighted by atomic mass is 9.49. The van der Waals surface area contributed by atoms with Crippen molar-refractivity contribution < 1.29 is 9.47 Å². The molecule has 4 saturated carbocycles. The van der Waals surface area contributed by atoms with E-state index in [0.29, 0.717) is 5.41 Å². The Labute approximate surface area is 147 Å². The molecule has 0 radical (unpaired) electrons. The highest BCUT2D eigenvalue weighted by molar-refractivity contribution is 7.99. The molecule has 5 nitrogen and oxygen atoms in total. The first kappa shape index (κ1) is 15.6. The average molecular weight is 350 g/mol. The number of thioether (sulfide) groups is 1. The summed E-state index contributed by atoms with van der Waals surface area (Å²) in [5.74, 6) is 5.07. The second-order valence-electron chi connectivity index (χ2n) is 8.37. The highest BCUT2D eigenvalue weighted by atomic mass is 32.2. The number of ether oxygens (including phenoxy) is 2. The van der Waals surface area contributed by atoms with Crippen molar-refractivity contribution in [3.8, 4) is 0 Å². The molecule has 0 spiro atoms. The van der Waals surface area contributed by atoms with E-state index >= 15 is 0 Å². The zero-order valence-corrected chi connectivity index (χ0v) is 15.3. The Bertz CT molecular complexity index is 576. The highest BCUT2D eigenvalue weighted by Gasteiger charge is 2.53. The molecule has 6 rings (SSSR count). The van der Waals surface area contributed by atoms with Gasteiger partial charge in [0.2, 0.25) is 0 Å². The molecular weight excluding hydrogens is 322 g/mol. The van der Waals surface area contributed by atoms with Gasteiger partial charge in [0, 0.05) is 24.6 Å². The number of rotatable bonds is 5. The van der Waals surface area contributed by atoms with E-state index in [0.717, 1.165) is 48.3 Å². The zero-order chi connectivity index (χ0) is 16.1. The molecule has 5 fully saturated rings. The Hall–Kier alpha value is -0.590. The topological polar surface area (TPSA) is 49.2 Å². The fourth-order valence-corrected chi connectivity index (χ4v) is 6.98. The van der Waals surface area contributed by atoms with Gasteiger partial charge in [-0.3, -0.25) is 0 Å². The Morgan fingerprint density at radius 1 is 1.04 bits per heavy atom. The monoisotopic (exact) mass is 349 g/mol. The van der Waals surface area contributed by atoms with Crippen molar-refractivity contribution in [1.29, 1.82) is 0 Å². The lowest BCUT2D eigenvalue weighted by Crippen LogP contribution is -2.49. The minimum absolute atomic E-state index is 0.0200. The van der Waals surface area contributed by atoms with Gasteiger partial charge in [0.15, 0.2) is 11.4 Å². The third-order valence-electron chi connectivity index (χ3n) is 6.62. The van der Waals surface area contributed by atoms with Crippen molar-refractivity contribution in [2.24, 2.45) is 24.8 Å². The van der Waals surface area contributed by atoms with Crippen LogP contribution in [0.2, 0.25) is 0 Å². The maximum atomic E-state index is 5.51. The van der Waals surface area contributed by atoms with Crippen LogP contribution in [0.1, 0.15) is 50.8 Å². The van der Waals surface area contributed by atoms with Crippen molar-refractivity contribution in [1.82, 2.24) is 14.8 Å². The van der Waals surface area contributed by atoms with Crippen LogP contribution in [-0.2, 0) is 21.9 Å². The second kappa shape index (κ2) is 5.99. The van der Waals surface area contributed by atoms with E-state index in [-0.39, 0.29) is 6.29 Å². The Kier molecular flexibility index (Phi) is 3.91. The third-order valence-corrected chi connectivity index (χ3v) is 7.68. The van der Waals surface area contributed by atoms with Gasteiger partial charge >= 0.3 is 0 Å². The van der Waals surface area contributed by atoms with E-state index in [1.165, 1.54) is 44.3 Å². The quantitative estimate of drug-likeness (QED) is 0.765. The molecule has 24 heavy (non-hydrogen) atoms. The normalized spacial score (nSPS) is 38.3. The van der Waals surface area contributed by atoms with Crippen LogP contribution in [0, 0.1) is 17.8 Å². The van der Waals surface area contributed by atoms with Gasteiger partial charge in [-0.15, -0.1) is 10.2 Å². The first-order valence-corrected chi connectivity index (χ1v) is 10.5. The van der Waals surface area contributed by atoms with Gasteiger partial charge in [0.25, 0.3) is 0 Å². The summed E-state index contributed by atoms with van der Waals surface area (Å²) >= 11 is 1.79. The number of nitrogens with zero attached hydrogens (tertiary/aromatic N) is 3. The van der Waals surface area contributed by atoms with Gasteiger partial charge < -0.3 is 14.0 Å². The van der Waals surface area contributed by atoms with E-state index in [1.807, 2.05) is 0 Å². The van der Waals surface area contributed by atoms with Crippen molar-refractivity contribution in [3.63, 3.8) is 0 Å². The molecule has 4 bridgehead atoms. The number of aromatic nitrogens is 3. The molecule has 0 aromatic carbocycles. The van der Waals surface area contributed by atoms with E-state index in [2.05, 4.69) is 21.8 Å². The molecule has 1 aromatic rings. The molecule has 1 aromatic heterocycles. The largest absolute Gasteiger partial charge is 0.350 e. The molecule has 6 heteroatoms. The van der Waals surface area contributed by atoms with Crippen molar-refractivity contribution in [3.05, 3.63) is 5.82 Å². The van der Waals surface area contributed by atoms with E-state index in [9.17, 15) is 0 Å². The smallest absolute Gasteiger partial charge is 0.190 e. The first-order chi connectivity index (χ1) is 11.7. The van der Waals surface area contributed by atoms with E-state index in [4.69, 9.17) is 9.47 Å². The molecule has 2 heterocycles. The molecule has 0 amide bonds. The van der Waals surface area contributed by atoms with Crippen molar-refractivity contribution >= 4 is 11.8 Å². The SMILES string of the molecule is Cn1c(SCCC2OCCO2)nnc1C12CC3CC(CC(C3)C1)C2. The number of hydrogen-bond acceptors (Lipinski definition) is 5. The molecule has 5 aliphatic rings. The fourth-order valence-electron chi connectivity index (χ4n) is 6.11. The van der Waals surface area contributed by atoms with Crippen LogP contribution in [-0.4, -0.2) is 40.0 Å². The predicted molar refractivity (Wildman–Crippen MR) is 91.9 cm³/mol. The lowest BCUT2D eigenvalue weighted by Gasteiger charge is -2.56. The summed E-state index contributed by atoms with van der Waals surface area (Å²) in [6.07, 6.45) is 9.36. The molecule has 0 N–H and O–H groups in total. The minimum Gasteiger partial charge on any atom is -0.350 e. The standard InChI is InChI=1S/C18H27N3O2S/c1-21-16(18-9-12-6-13(10-18)8-14(7-12)11-18)19-20-17(21)24-5-2-15-22-3-4-23-15/h12-15H,2-11H2,1H3. The van der Waals surface area contributed by atoms with Gasteiger partial charge in [-0.25, -0.2) is 0 Å². The Morgan fingerprint density at radius 2 is 1.67 bits per heavy atom. The summed E-state index contributed by atoms with van der Waals surface area (Å²) in [4.78, 5) is 0. The summed E-state index contributed by atoms with van der Waals surface area (Å²) in [6, 6.07) is 0. The van der Waals surface area contributed by atoms with Crippen LogP contribution in [0.15, 0.2) is 5.16 Å². The Balaban J connectivity index is 1.30. The highest BCUT2D eigenvalue weighted by Crippen LogP contribution is 2.60. The lowest BCUT2D eigenvalue weighted by molar-refractivity contribution is -0.0421. The minimum atomic E-state index is -0.0200. The molecule has 1 saturated heterocycles. The molecule has 0 unspecified atom stereocenters. The summed E-state index contributed by atoms with van der Waals surface area (Å²) in [7, 11) is 2.17. The van der Waals surface area contributed by atoms with Crippen LogP contribution >= 0.6 is 11.8 Å². The third kappa shape index (κ3) is 2.61. The van der Waals surface area contributed by atoms with Crippen LogP contribution in [0.25, 0.3) is 0 Å². The average Bonchev–Trinajstić information content (AvgIpc) is 3.17. The summed E-state index contributed by atoms with van der Waals surface area (Å²) in [5.41, 5.74) is 0.326. The summed E-state index contributed by atoms with van der Waals surface area (Å²) in [6.45, 7) is 1.46. The van der Waals surface area contributed by atoms with E-state index in [1.54, 1.807) is 11.8 Å². The van der Waals surface area contributed by atoms with Gasteiger partial charge in [-0.05, 0) is 56.3 Å². The van der Waals surface area contributed by atoms with Crippen LogP contribution < -0.4 is 0 Å². The maximum Gasteiger partial charge on any atom is 0.190 e. The zero-order valence-electron chi connectivity index (χ0n) is 14.4. The maximum absolute atomic E-state index is 5.51. The predicted octanol–water partition coefficient (Wildman–Crippen LogP) is 3.14. The van der Waals surface area contributed by atoms with E-state index < -0.39 is 0 Å². The van der Waals surface area contributed by atoms with Gasteiger partial charge in [-0.2, -0.15) is 0 Å².